The van der Waals surface area contributed by atoms with Crippen LogP contribution in [0.4, 0.5) is 0 Å². The number of thiophene rings is 1. The Hall–Kier alpha value is -1.24. The molecule has 0 bridgehead atoms. The molecule has 4 rings (SSSR count). The Morgan fingerprint density at radius 1 is 0.964 bits per heavy atom. The van der Waals surface area contributed by atoms with E-state index in [9.17, 15) is 0 Å². The number of rotatable bonds is 7. The zero-order valence-corrected chi connectivity index (χ0v) is 19.0. The van der Waals surface area contributed by atoms with Gasteiger partial charge in [-0.05, 0) is 69.2 Å². The average Bonchev–Trinajstić information content (AvgIpc) is 3.07. The van der Waals surface area contributed by atoms with E-state index >= 15 is 0 Å². The van der Waals surface area contributed by atoms with Crippen LogP contribution in [0.5, 0.6) is 0 Å². The van der Waals surface area contributed by atoms with Crippen molar-refractivity contribution in [2.24, 2.45) is 0 Å². The van der Waals surface area contributed by atoms with Crippen molar-refractivity contribution in [3.8, 4) is 21.6 Å². The van der Waals surface area contributed by atoms with Crippen molar-refractivity contribution in [2.45, 2.75) is 27.7 Å². The summed E-state index contributed by atoms with van der Waals surface area (Å²) in [4.78, 5) is 8.85. The minimum Gasteiger partial charge on any atom is -0.376 e. The highest BCUT2D eigenvalue weighted by Gasteiger charge is 2.22. The largest absolute Gasteiger partial charge is 0.376 e. The molecule has 2 heterocycles. The Bertz CT molecular complexity index is 964. The smallest absolute Gasteiger partial charge is 0.0809 e. The molecule has 0 N–H and O–H groups in total. The predicted octanol–water partition coefficient (Wildman–Crippen LogP) is 6.74. The summed E-state index contributed by atoms with van der Waals surface area (Å²) in [5.74, 6) is 0. The number of thioether (sulfide) groups is 1. The van der Waals surface area contributed by atoms with Gasteiger partial charge in [0.1, 0.15) is 0 Å². The van der Waals surface area contributed by atoms with Crippen molar-refractivity contribution in [1.82, 2.24) is 4.90 Å². The third-order valence-electron chi connectivity index (χ3n) is 4.75. The van der Waals surface area contributed by atoms with Crippen LogP contribution >= 0.6 is 34.9 Å². The summed E-state index contributed by atoms with van der Waals surface area (Å²) in [5.41, 5.74) is 4.03. The third-order valence-corrected chi connectivity index (χ3v) is 7.77. The number of ether oxygens (including phenoxy) is 1. The van der Waals surface area contributed by atoms with Gasteiger partial charge in [0.15, 0.2) is 0 Å². The SMILES string of the molecule is CSc1ccc2c(c1)-c1sc(COCCCN(C)C)cc1-c1ccccc1S2. The predicted molar refractivity (Wildman–Crippen MR) is 124 cm³/mol. The summed E-state index contributed by atoms with van der Waals surface area (Å²) in [6, 6.07) is 17.9. The van der Waals surface area contributed by atoms with Crippen LogP contribution in [0.2, 0.25) is 0 Å². The second kappa shape index (κ2) is 9.06. The highest BCUT2D eigenvalue weighted by molar-refractivity contribution is 7.99. The molecule has 0 aliphatic carbocycles. The van der Waals surface area contributed by atoms with Gasteiger partial charge in [0.05, 0.1) is 6.61 Å². The van der Waals surface area contributed by atoms with Gasteiger partial charge in [0.25, 0.3) is 0 Å². The lowest BCUT2D eigenvalue weighted by atomic mass is 10.0. The first-order valence-electron chi connectivity index (χ1n) is 9.46. The molecule has 1 aliphatic rings. The highest BCUT2D eigenvalue weighted by Crippen LogP contribution is 2.51. The fourth-order valence-electron chi connectivity index (χ4n) is 3.37. The van der Waals surface area contributed by atoms with Crippen LogP contribution in [-0.2, 0) is 11.3 Å². The Balaban J connectivity index is 1.66. The first kappa shape index (κ1) is 20.0. The van der Waals surface area contributed by atoms with Gasteiger partial charge in [-0.1, -0.05) is 30.0 Å². The molecule has 2 aromatic carbocycles. The molecule has 1 aliphatic heterocycles. The number of hydrogen-bond donors (Lipinski definition) is 0. The van der Waals surface area contributed by atoms with Crippen LogP contribution in [0.15, 0.2) is 63.2 Å². The molecule has 0 unspecified atom stereocenters. The van der Waals surface area contributed by atoms with Crippen molar-refractivity contribution in [1.29, 1.82) is 0 Å². The molecule has 0 spiro atoms. The molecule has 0 atom stereocenters. The molecule has 0 saturated carbocycles. The van der Waals surface area contributed by atoms with Crippen LogP contribution in [-0.4, -0.2) is 38.4 Å². The van der Waals surface area contributed by atoms with E-state index in [0.717, 1.165) is 19.6 Å². The molecular formula is C23H25NOS3. The fraction of sp³-hybridized carbons (Fsp3) is 0.304. The van der Waals surface area contributed by atoms with Crippen LogP contribution in [0, 0.1) is 0 Å². The summed E-state index contributed by atoms with van der Waals surface area (Å²) >= 11 is 5.56. The van der Waals surface area contributed by atoms with E-state index in [2.05, 4.69) is 73.8 Å². The van der Waals surface area contributed by atoms with Gasteiger partial charge in [0.2, 0.25) is 0 Å². The summed E-state index contributed by atoms with van der Waals surface area (Å²) < 4.78 is 5.97. The van der Waals surface area contributed by atoms with Gasteiger partial charge in [-0.3, -0.25) is 0 Å². The van der Waals surface area contributed by atoms with E-state index in [1.807, 2.05) is 23.1 Å². The summed E-state index contributed by atoms with van der Waals surface area (Å²) in [5, 5.41) is 0. The molecule has 0 fully saturated rings. The van der Waals surface area contributed by atoms with Crippen molar-refractivity contribution < 1.29 is 4.74 Å². The van der Waals surface area contributed by atoms with Gasteiger partial charge < -0.3 is 9.64 Å². The summed E-state index contributed by atoms with van der Waals surface area (Å²) in [6.07, 6.45) is 3.21. The normalized spacial score (nSPS) is 12.4. The molecule has 28 heavy (non-hydrogen) atoms. The fourth-order valence-corrected chi connectivity index (χ4v) is 6.09. The monoisotopic (exact) mass is 427 g/mol. The zero-order valence-electron chi connectivity index (χ0n) is 16.5. The summed E-state index contributed by atoms with van der Waals surface area (Å²) in [6.45, 7) is 2.56. The van der Waals surface area contributed by atoms with Gasteiger partial charge in [-0.15, -0.1) is 23.1 Å². The molecule has 2 nitrogen and oxygen atoms in total. The Morgan fingerprint density at radius 3 is 2.61 bits per heavy atom. The van der Waals surface area contributed by atoms with Crippen molar-refractivity contribution in [3.63, 3.8) is 0 Å². The van der Waals surface area contributed by atoms with E-state index < -0.39 is 0 Å². The molecule has 5 heteroatoms. The Morgan fingerprint density at radius 2 is 1.79 bits per heavy atom. The first-order valence-corrected chi connectivity index (χ1v) is 12.3. The van der Waals surface area contributed by atoms with Crippen molar-refractivity contribution in [3.05, 3.63) is 53.4 Å². The molecule has 0 saturated heterocycles. The number of benzene rings is 2. The quantitative estimate of drug-likeness (QED) is 0.239. The van der Waals surface area contributed by atoms with Crippen molar-refractivity contribution >= 4 is 34.9 Å². The molecule has 0 amide bonds. The van der Waals surface area contributed by atoms with Gasteiger partial charge in [-0.2, -0.15) is 0 Å². The molecule has 146 valence electrons. The lowest BCUT2D eigenvalue weighted by molar-refractivity contribution is 0.115. The summed E-state index contributed by atoms with van der Waals surface area (Å²) in [7, 11) is 4.21. The second-order valence-electron chi connectivity index (χ2n) is 7.13. The van der Waals surface area contributed by atoms with Crippen LogP contribution in [0.25, 0.3) is 21.6 Å². The topological polar surface area (TPSA) is 12.5 Å². The standard InChI is InChI=1S/C23H25NOS3/c1-24(2)11-6-12-25-15-17-14-19-18-7-4-5-8-21(18)28-22-10-9-16(26-3)13-20(22)23(19)27-17/h4-5,7-10,13-14H,6,11-12,15H2,1-3H3. The van der Waals surface area contributed by atoms with E-state index in [1.54, 1.807) is 11.8 Å². The van der Waals surface area contributed by atoms with Gasteiger partial charge >= 0.3 is 0 Å². The molecular weight excluding hydrogens is 402 g/mol. The zero-order chi connectivity index (χ0) is 19.5. The van der Waals surface area contributed by atoms with E-state index in [4.69, 9.17) is 4.74 Å². The third kappa shape index (κ3) is 4.34. The maximum Gasteiger partial charge on any atom is 0.0809 e. The maximum atomic E-state index is 5.97. The number of fused-ring (bicyclic) bond motifs is 5. The van der Waals surface area contributed by atoms with E-state index in [0.29, 0.717) is 6.61 Å². The number of hydrogen-bond acceptors (Lipinski definition) is 5. The van der Waals surface area contributed by atoms with E-state index in [-0.39, 0.29) is 0 Å². The first-order chi connectivity index (χ1) is 13.7. The lowest BCUT2D eigenvalue weighted by Gasteiger charge is -2.09. The molecule has 1 aromatic heterocycles. The van der Waals surface area contributed by atoms with Crippen molar-refractivity contribution in [2.75, 3.05) is 33.5 Å². The van der Waals surface area contributed by atoms with E-state index in [1.165, 1.54) is 41.1 Å². The van der Waals surface area contributed by atoms with Gasteiger partial charge in [-0.25, -0.2) is 0 Å². The van der Waals surface area contributed by atoms with Gasteiger partial charge in [0, 0.05) is 42.2 Å². The Labute approximate surface area is 180 Å². The Kier molecular flexibility index (Phi) is 6.48. The highest BCUT2D eigenvalue weighted by atomic mass is 32.2. The average molecular weight is 428 g/mol. The second-order valence-corrected chi connectivity index (χ2v) is 10.2. The van der Waals surface area contributed by atoms with Crippen LogP contribution in [0.3, 0.4) is 0 Å². The molecule has 0 radical (unpaired) electrons. The minimum absolute atomic E-state index is 0.692. The number of nitrogens with zero attached hydrogens (tertiary/aromatic N) is 1. The lowest BCUT2D eigenvalue weighted by Crippen LogP contribution is -2.14. The van der Waals surface area contributed by atoms with Crippen LogP contribution < -0.4 is 0 Å². The van der Waals surface area contributed by atoms with Crippen LogP contribution in [0.1, 0.15) is 11.3 Å². The molecule has 3 aromatic rings. The minimum atomic E-state index is 0.692. The maximum absolute atomic E-state index is 5.97.